The van der Waals surface area contributed by atoms with Gasteiger partial charge in [-0.3, -0.25) is 9.52 Å². The Balaban J connectivity index is 2.05. The second kappa shape index (κ2) is 7.44. The van der Waals surface area contributed by atoms with Crippen LogP contribution in [0.25, 0.3) is 0 Å². The van der Waals surface area contributed by atoms with Gasteiger partial charge >= 0.3 is 0 Å². The summed E-state index contributed by atoms with van der Waals surface area (Å²) in [5.41, 5.74) is 1.14. The van der Waals surface area contributed by atoms with E-state index in [1.807, 2.05) is 13.8 Å². The molecule has 0 unspecified atom stereocenters. The molecule has 0 saturated heterocycles. The van der Waals surface area contributed by atoms with Crippen molar-refractivity contribution in [1.82, 2.24) is 5.32 Å². The number of carbonyl (C=O) groups excluding carboxylic acids is 1. The maximum absolute atomic E-state index is 12.9. The smallest absolute Gasteiger partial charge is 0.261 e. The monoisotopic (exact) mass is 350 g/mol. The molecule has 2 rings (SSSR count). The molecule has 2 aromatic rings. The molecule has 2 N–H and O–H groups in total. The van der Waals surface area contributed by atoms with Crippen molar-refractivity contribution in [2.75, 3.05) is 4.72 Å². The minimum absolute atomic E-state index is 0.0238. The van der Waals surface area contributed by atoms with Gasteiger partial charge in [-0.15, -0.1) is 0 Å². The molecule has 0 atom stereocenters. The molecule has 0 heterocycles. The first-order chi connectivity index (χ1) is 11.3. The Labute approximate surface area is 141 Å². The van der Waals surface area contributed by atoms with Gasteiger partial charge in [0.25, 0.3) is 10.0 Å². The summed E-state index contributed by atoms with van der Waals surface area (Å²) in [6.07, 6.45) is 0.225. The molecule has 0 spiro atoms. The first-order valence-corrected chi connectivity index (χ1v) is 8.91. The molecule has 1 amide bonds. The Kier molecular flexibility index (Phi) is 5.56. The Morgan fingerprint density at radius 3 is 2.17 bits per heavy atom. The van der Waals surface area contributed by atoms with Crippen LogP contribution in [0.15, 0.2) is 53.4 Å². The Morgan fingerprint density at radius 1 is 1.04 bits per heavy atom. The van der Waals surface area contributed by atoms with Crippen molar-refractivity contribution in [2.24, 2.45) is 0 Å². The van der Waals surface area contributed by atoms with E-state index in [0.29, 0.717) is 5.69 Å². The molecule has 0 aliphatic rings. The van der Waals surface area contributed by atoms with Crippen LogP contribution in [0.4, 0.5) is 10.1 Å². The molecule has 7 heteroatoms. The van der Waals surface area contributed by atoms with Gasteiger partial charge in [0.05, 0.1) is 11.3 Å². The first kappa shape index (κ1) is 17.9. The van der Waals surface area contributed by atoms with Crippen LogP contribution in [0, 0.1) is 5.82 Å². The molecule has 0 aromatic heterocycles. The summed E-state index contributed by atoms with van der Waals surface area (Å²) in [5.74, 6) is -0.595. The molecular weight excluding hydrogens is 331 g/mol. The highest BCUT2D eigenvalue weighted by atomic mass is 32.2. The zero-order valence-corrected chi connectivity index (χ0v) is 14.2. The molecule has 2 aromatic carbocycles. The van der Waals surface area contributed by atoms with Crippen molar-refractivity contribution < 1.29 is 17.6 Å². The zero-order valence-electron chi connectivity index (χ0n) is 13.4. The van der Waals surface area contributed by atoms with Crippen LogP contribution in [0.5, 0.6) is 0 Å². The van der Waals surface area contributed by atoms with E-state index in [-0.39, 0.29) is 23.3 Å². The lowest BCUT2D eigenvalue weighted by Crippen LogP contribution is -2.31. The van der Waals surface area contributed by atoms with Gasteiger partial charge in [-0.2, -0.15) is 0 Å². The SMILES string of the molecule is CC(C)NC(=O)Cc1ccc(NS(=O)(=O)c2ccc(F)cc2)cc1. The van der Waals surface area contributed by atoms with E-state index in [1.165, 1.54) is 12.1 Å². The van der Waals surface area contributed by atoms with E-state index >= 15 is 0 Å². The fourth-order valence-corrected chi connectivity index (χ4v) is 3.14. The number of carbonyl (C=O) groups is 1. The lowest BCUT2D eigenvalue weighted by atomic mass is 10.1. The Hall–Kier alpha value is -2.41. The molecular formula is C17H19FN2O3S. The Bertz CT molecular complexity index is 801. The summed E-state index contributed by atoms with van der Waals surface area (Å²) < 4.78 is 39.7. The fourth-order valence-electron chi connectivity index (χ4n) is 2.08. The number of halogens is 1. The molecule has 5 nitrogen and oxygen atoms in total. The summed E-state index contributed by atoms with van der Waals surface area (Å²) in [6, 6.07) is 11.2. The van der Waals surface area contributed by atoms with E-state index < -0.39 is 15.8 Å². The number of hydrogen-bond donors (Lipinski definition) is 2. The summed E-state index contributed by atoms with van der Waals surface area (Å²) in [6.45, 7) is 3.76. The molecule has 24 heavy (non-hydrogen) atoms. The predicted octanol–water partition coefficient (Wildman–Crippen LogP) is 2.69. The number of hydrogen-bond acceptors (Lipinski definition) is 3. The highest BCUT2D eigenvalue weighted by Gasteiger charge is 2.14. The van der Waals surface area contributed by atoms with Gasteiger partial charge < -0.3 is 5.32 Å². The molecule has 0 aliphatic carbocycles. The minimum atomic E-state index is -3.78. The van der Waals surface area contributed by atoms with Crippen LogP contribution in [-0.2, 0) is 21.2 Å². The summed E-state index contributed by atoms with van der Waals surface area (Å²) in [4.78, 5) is 11.7. The lowest BCUT2D eigenvalue weighted by Gasteiger charge is -2.10. The van der Waals surface area contributed by atoms with E-state index in [0.717, 1.165) is 17.7 Å². The average molecular weight is 350 g/mol. The van der Waals surface area contributed by atoms with E-state index in [1.54, 1.807) is 24.3 Å². The topological polar surface area (TPSA) is 75.3 Å². The van der Waals surface area contributed by atoms with Gasteiger partial charge in [0, 0.05) is 11.7 Å². The molecule has 0 radical (unpaired) electrons. The molecule has 0 aliphatic heterocycles. The van der Waals surface area contributed by atoms with Crippen LogP contribution < -0.4 is 10.0 Å². The third-order valence-corrected chi connectivity index (χ3v) is 4.54. The van der Waals surface area contributed by atoms with Crippen molar-refractivity contribution >= 4 is 21.6 Å². The quantitative estimate of drug-likeness (QED) is 0.841. The molecule has 0 saturated carbocycles. The van der Waals surface area contributed by atoms with Gasteiger partial charge in [0.15, 0.2) is 0 Å². The van der Waals surface area contributed by atoms with Gasteiger partial charge in [-0.05, 0) is 55.8 Å². The predicted molar refractivity (Wildman–Crippen MR) is 90.6 cm³/mol. The largest absolute Gasteiger partial charge is 0.354 e. The van der Waals surface area contributed by atoms with Crippen LogP contribution in [0.3, 0.4) is 0 Å². The summed E-state index contributed by atoms with van der Waals surface area (Å²) in [5, 5.41) is 2.79. The number of amides is 1. The van der Waals surface area contributed by atoms with Crippen molar-refractivity contribution in [2.45, 2.75) is 31.2 Å². The second-order valence-electron chi connectivity index (χ2n) is 5.66. The van der Waals surface area contributed by atoms with Crippen molar-refractivity contribution in [3.63, 3.8) is 0 Å². The van der Waals surface area contributed by atoms with Crippen LogP contribution >= 0.6 is 0 Å². The van der Waals surface area contributed by atoms with E-state index in [9.17, 15) is 17.6 Å². The zero-order chi connectivity index (χ0) is 17.7. The van der Waals surface area contributed by atoms with E-state index in [2.05, 4.69) is 10.0 Å². The third-order valence-electron chi connectivity index (χ3n) is 3.14. The number of benzene rings is 2. The highest BCUT2D eigenvalue weighted by Crippen LogP contribution is 2.17. The van der Waals surface area contributed by atoms with Crippen LogP contribution in [0.1, 0.15) is 19.4 Å². The summed E-state index contributed by atoms with van der Waals surface area (Å²) in [7, 11) is -3.78. The maximum Gasteiger partial charge on any atom is 0.261 e. The number of sulfonamides is 1. The number of anilines is 1. The van der Waals surface area contributed by atoms with Crippen molar-refractivity contribution in [1.29, 1.82) is 0 Å². The Morgan fingerprint density at radius 2 is 1.62 bits per heavy atom. The second-order valence-corrected chi connectivity index (χ2v) is 7.34. The molecule has 0 bridgehead atoms. The van der Waals surface area contributed by atoms with Gasteiger partial charge in [0.1, 0.15) is 5.82 Å². The number of rotatable bonds is 6. The lowest BCUT2D eigenvalue weighted by molar-refractivity contribution is -0.120. The molecule has 128 valence electrons. The van der Waals surface area contributed by atoms with Gasteiger partial charge in [-0.1, -0.05) is 12.1 Å². The van der Waals surface area contributed by atoms with Crippen LogP contribution in [-0.4, -0.2) is 20.4 Å². The standard InChI is InChI=1S/C17H19FN2O3S/c1-12(2)19-17(21)11-13-3-7-15(8-4-13)20-24(22,23)16-9-5-14(18)6-10-16/h3-10,12,20H,11H2,1-2H3,(H,19,21). The first-order valence-electron chi connectivity index (χ1n) is 7.43. The maximum atomic E-state index is 12.9. The third kappa shape index (κ3) is 5.06. The molecule has 0 fully saturated rings. The fraction of sp³-hybridized carbons (Fsp3) is 0.235. The van der Waals surface area contributed by atoms with Crippen molar-refractivity contribution in [3.05, 3.63) is 59.9 Å². The highest BCUT2D eigenvalue weighted by molar-refractivity contribution is 7.92. The van der Waals surface area contributed by atoms with Crippen molar-refractivity contribution in [3.8, 4) is 0 Å². The minimum Gasteiger partial charge on any atom is -0.354 e. The van der Waals surface area contributed by atoms with E-state index in [4.69, 9.17) is 0 Å². The number of nitrogens with one attached hydrogen (secondary N) is 2. The summed E-state index contributed by atoms with van der Waals surface area (Å²) >= 11 is 0. The van der Waals surface area contributed by atoms with Gasteiger partial charge in [-0.25, -0.2) is 12.8 Å². The normalized spacial score (nSPS) is 11.3. The van der Waals surface area contributed by atoms with Gasteiger partial charge in [0.2, 0.25) is 5.91 Å². The van der Waals surface area contributed by atoms with Crippen LogP contribution in [0.2, 0.25) is 0 Å². The average Bonchev–Trinajstić information content (AvgIpc) is 2.48.